The molecular weight excluding hydrogens is 550 g/mol. The fraction of sp³-hybridized carbons (Fsp3) is 0.552. The van der Waals surface area contributed by atoms with Crippen LogP contribution in [0.2, 0.25) is 0 Å². The van der Waals surface area contributed by atoms with Gasteiger partial charge in [0.2, 0.25) is 10.0 Å². The van der Waals surface area contributed by atoms with Gasteiger partial charge in [0.25, 0.3) is 0 Å². The van der Waals surface area contributed by atoms with Crippen LogP contribution in [0.1, 0.15) is 25.8 Å². The Labute approximate surface area is 242 Å². The third kappa shape index (κ3) is 7.89. The molecule has 0 radical (unpaired) electrons. The second-order valence-electron chi connectivity index (χ2n) is 10.8. The van der Waals surface area contributed by atoms with Crippen molar-refractivity contribution in [2.75, 3.05) is 40.5 Å². The standard InChI is InChI=1S/C29H41N3O8S/c1-19(2)16-32(41(34,35)23-11-9-22(37-4)10-12-23)17-25(30)26(15-20-5-7-21(36-3)8-6-20)31-29(33)40-27-18-39-28-24(27)13-14-38-28/h5-12,19,24-28H,13-18,30H2,1-4H3,(H,31,33)/t24-,25+,26-,27-,28+/m0/s1. The van der Waals surface area contributed by atoms with Crippen LogP contribution in [0.25, 0.3) is 0 Å². The molecule has 2 aliphatic heterocycles. The van der Waals surface area contributed by atoms with E-state index in [4.69, 9.17) is 29.4 Å². The molecule has 2 aliphatic rings. The topological polar surface area (TPSA) is 139 Å². The zero-order chi connectivity index (χ0) is 29.6. The van der Waals surface area contributed by atoms with Crippen molar-refractivity contribution in [2.24, 2.45) is 17.6 Å². The van der Waals surface area contributed by atoms with E-state index >= 15 is 0 Å². The molecule has 0 bridgehead atoms. The summed E-state index contributed by atoms with van der Waals surface area (Å²) < 4.78 is 56.1. The van der Waals surface area contributed by atoms with E-state index in [2.05, 4.69) is 5.32 Å². The van der Waals surface area contributed by atoms with Gasteiger partial charge in [0.05, 0.1) is 44.3 Å². The first kappa shape index (κ1) is 31.0. The van der Waals surface area contributed by atoms with Gasteiger partial charge >= 0.3 is 6.09 Å². The molecule has 2 saturated heterocycles. The molecule has 0 saturated carbocycles. The molecule has 1 amide bonds. The second kappa shape index (κ2) is 13.8. The minimum Gasteiger partial charge on any atom is -0.497 e. The molecule has 0 unspecified atom stereocenters. The highest BCUT2D eigenvalue weighted by Gasteiger charge is 2.44. The molecule has 2 aromatic rings. The van der Waals surface area contributed by atoms with Crippen molar-refractivity contribution in [1.82, 2.24) is 9.62 Å². The van der Waals surface area contributed by atoms with Crippen molar-refractivity contribution in [3.05, 3.63) is 54.1 Å². The Balaban J connectivity index is 1.53. The summed E-state index contributed by atoms with van der Waals surface area (Å²) in [6.07, 6.45) is -0.292. The molecule has 41 heavy (non-hydrogen) atoms. The van der Waals surface area contributed by atoms with Crippen molar-refractivity contribution in [1.29, 1.82) is 0 Å². The zero-order valence-corrected chi connectivity index (χ0v) is 24.8. The number of carbonyl (C=O) groups is 1. The van der Waals surface area contributed by atoms with Crippen molar-refractivity contribution in [3.8, 4) is 11.5 Å². The maximum Gasteiger partial charge on any atom is 0.407 e. The zero-order valence-electron chi connectivity index (χ0n) is 24.0. The van der Waals surface area contributed by atoms with E-state index < -0.39 is 34.3 Å². The highest BCUT2D eigenvalue weighted by molar-refractivity contribution is 7.89. The number of hydrogen-bond donors (Lipinski definition) is 2. The number of methoxy groups -OCH3 is 2. The number of sulfonamides is 1. The Morgan fingerprint density at radius 1 is 1.02 bits per heavy atom. The monoisotopic (exact) mass is 591 g/mol. The van der Waals surface area contributed by atoms with Gasteiger partial charge in [-0.25, -0.2) is 13.2 Å². The number of alkyl carbamates (subject to hydrolysis) is 1. The van der Waals surface area contributed by atoms with Crippen LogP contribution in [0, 0.1) is 11.8 Å². The fourth-order valence-corrected chi connectivity index (χ4v) is 6.77. The van der Waals surface area contributed by atoms with E-state index in [-0.39, 0.29) is 42.7 Å². The van der Waals surface area contributed by atoms with Crippen molar-refractivity contribution in [2.45, 2.75) is 56.1 Å². The van der Waals surface area contributed by atoms with E-state index in [0.717, 1.165) is 12.0 Å². The van der Waals surface area contributed by atoms with E-state index in [1.54, 1.807) is 19.2 Å². The first-order chi connectivity index (χ1) is 19.6. The molecule has 2 heterocycles. The lowest BCUT2D eigenvalue weighted by Crippen LogP contribution is -2.55. The fourth-order valence-electron chi connectivity index (χ4n) is 5.13. The molecule has 0 aromatic heterocycles. The van der Waals surface area contributed by atoms with Crippen LogP contribution in [0.4, 0.5) is 4.79 Å². The van der Waals surface area contributed by atoms with Gasteiger partial charge in [-0.2, -0.15) is 4.31 Å². The molecule has 2 fully saturated rings. The third-order valence-electron chi connectivity index (χ3n) is 7.36. The predicted molar refractivity (Wildman–Crippen MR) is 152 cm³/mol. The lowest BCUT2D eigenvalue weighted by atomic mass is 9.99. The van der Waals surface area contributed by atoms with Crippen molar-refractivity contribution >= 4 is 16.1 Å². The molecule has 12 heteroatoms. The van der Waals surface area contributed by atoms with Gasteiger partial charge in [-0.05, 0) is 60.7 Å². The Hall–Kier alpha value is -2.90. The lowest BCUT2D eigenvalue weighted by Gasteiger charge is -2.31. The molecule has 2 aromatic carbocycles. The maximum atomic E-state index is 13.7. The summed E-state index contributed by atoms with van der Waals surface area (Å²) in [6, 6.07) is 12.3. The van der Waals surface area contributed by atoms with Crippen LogP contribution in [0.5, 0.6) is 11.5 Å². The Kier molecular flexibility index (Phi) is 10.5. The molecule has 11 nitrogen and oxygen atoms in total. The summed E-state index contributed by atoms with van der Waals surface area (Å²) in [4.78, 5) is 13.2. The highest BCUT2D eigenvalue weighted by Crippen LogP contribution is 2.33. The Morgan fingerprint density at radius 2 is 1.66 bits per heavy atom. The van der Waals surface area contributed by atoms with Gasteiger partial charge in [-0.15, -0.1) is 0 Å². The number of fused-ring (bicyclic) bond motifs is 1. The molecule has 5 atom stereocenters. The summed E-state index contributed by atoms with van der Waals surface area (Å²) in [6.45, 7) is 4.95. The second-order valence-corrected chi connectivity index (χ2v) is 12.8. The predicted octanol–water partition coefficient (Wildman–Crippen LogP) is 2.78. The molecule has 226 valence electrons. The first-order valence-corrected chi connectivity index (χ1v) is 15.3. The average Bonchev–Trinajstić information content (AvgIpc) is 3.57. The van der Waals surface area contributed by atoms with Gasteiger partial charge in [0, 0.05) is 19.1 Å². The Morgan fingerprint density at radius 3 is 2.27 bits per heavy atom. The van der Waals surface area contributed by atoms with Crippen LogP contribution in [-0.4, -0.2) is 83.8 Å². The number of ether oxygens (including phenoxy) is 5. The van der Waals surface area contributed by atoms with Gasteiger partial charge in [0.1, 0.15) is 17.6 Å². The molecular formula is C29H41N3O8S. The number of benzene rings is 2. The molecule has 3 N–H and O–H groups in total. The summed E-state index contributed by atoms with van der Waals surface area (Å²) in [7, 11) is -0.772. The number of hydrogen-bond acceptors (Lipinski definition) is 9. The van der Waals surface area contributed by atoms with E-state index in [1.807, 2.05) is 38.1 Å². The van der Waals surface area contributed by atoms with Crippen molar-refractivity contribution < 1.29 is 36.9 Å². The van der Waals surface area contributed by atoms with Crippen molar-refractivity contribution in [3.63, 3.8) is 0 Å². The average molecular weight is 592 g/mol. The Bertz CT molecular complexity index is 1240. The van der Waals surface area contributed by atoms with Crippen LogP contribution >= 0.6 is 0 Å². The quantitative estimate of drug-likeness (QED) is 0.360. The number of carbonyl (C=O) groups excluding carboxylic acids is 1. The van der Waals surface area contributed by atoms with E-state index in [1.165, 1.54) is 23.5 Å². The minimum atomic E-state index is -3.88. The third-order valence-corrected chi connectivity index (χ3v) is 9.20. The van der Waals surface area contributed by atoms with Crippen LogP contribution in [-0.2, 0) is 30.7 Å². The summed E-state index contributed by atoms with van der Waals surface area (Å²) >= 11 is 0. The van der Waals surface area contributed by atoms with Gasteiger partial charge in [-0.1, -0.05) is 26.0 Å². The maximum absolute atomic E-state index is 13.7. The normalized spacial score (nSPS) is 21.9. The van der Waals surface area contributed by atoms with Gasteiger partial charge < -0.3 is 34.7 Å². The van der Waals surface area contributed by atoms with Crippen LogP contribution in [0.15, 0.2) is 53.4 Å². The number of amides is 1. The molecule has 0 spiro atoms. The summed E-state index contributed by atoms with van der Waals surface area (Å²) in [5.74, 6) is 1.29. The van der Waals surface area contributed by atoms with E-state index in [0.29, 0.717) is 24.5 Å². The lowest BCUT2D eigenvalue weighted by molar-refractivity contribution is -0.0907. The summed E-state index contributed by atoms with van der Waals surface area (Å²) in [5.41, 5.74) is 7.59. The molecule has 0 aliphatic carbocycles. The minimum absolute atomic E-state index is 0.00867. The van der Waals surface area contributed by atoms with Gasteiger partial charge in [-0.3, -0.25) is 0 Å². The summed E-state index contributed by atoms with van der Waals surface area (Å²) in [5, 5.41) is 2.91. The number of rotatable bonds is 13. The number of nitrogens with zero attached hydrogens (tertiary/aromatic N) is 1. The smallest absolute Gasteiger partial charge is 0.407 e. The van der Waals surface area contributed by atoms with Crippen LogP contribution < -0.4 is 20.5 Å². The number of nitrogens with two attached hydrogens (primary N) is 1. The van der Waals surface area contributed by atoms with E-state index in [9.17, 15) is 13.2 Å². The van der Waals surface area contributed by atoms with Gasteiger partial charge in [0.15, 0.2) is 6.29 Å². The first-order valence-electron chi connectivity index (χ1n) is 13.8. The largest absolute Gasteiger partial charge is 0.497 e. The number of nitrogens with one attached hydrogen (secondary N) is 1. The highest BCUT2D eigenvalue weighted by atomic mass is 32.2. The molecule has 4 rings (SSSR count). The van der Waals surface area contributed by atoms with Crippen LogP contribution in [0.3, 0.4) is 0 Å². The SMILES string of the molecule is COc1ccc(C[C@H](NC(=O)O[C@H]2CO[C@H]3OCC[C@H]32)[C@H](N)CN(CC(C)C)S(=O)(=O)c2ccc(OC)cc2)cc1.